The van der Waals surface area contributed by atoms with Crippen molar-refractivity contribution >= 4 is 15.9 Å². The van der Waals surface area contributed by atoms with Crippen molar-refractivity contribution in [3.8, 4) is 0 Å². The van der Waals surface area contributed by atoms with Gasteiger partial charge in [-0.25, -0.2) is 4.39 Å². The van der Waals surface area contributed by atoms with Crippen LogP contribution in [0.2, 0.25) is 0 Å². The first kappa shape index (κ1) is 15.9. The summed E-state index contributed by atoms with van der Waals surface area (Å²) in [5, 5.41) is 13.4. The first-order valence-corrected chi connectivity index (χ1v) is 8.18. The van der Waals surface area contributed by atoms with E-state index in [1.165, 1.54) is 31.7 Å². The standard InChI is InChI=1S/C16H23BrFNO/c1-16(11-20,12-8-9-15(18)14(17)10-12)19-13-6-4-2-3-5-7-13/h8-10,13,19-20H,2-7,11H2,1H3. The highest BCUT2D eigenvalue weighted by Gasteiger charge is 2.29. The average molecular weight is 344 g/mol. The number of rotatable bonds is 4. The smallest absolute Gasteiger partial charge is 0.137 e. The molecule has 1 saturated carbocycles. The Hall–Kier alpha value is -0.450. The highest BCUT2D eigenvalue weighted by molar-refractivity contribution is 9.10. The van der Waals surface area contributed by atoms with E-state index < -0.39 is 5.54 Å². The molecule has 0 bridgehead atoms. The molecule has 4 heteroatoms. The Bertz CT molecular complexity index is 446. The zero-order valence-electron chi connectivity index (χ0n) is 12.0. The van der Waals surface area contributed by atoms with Gasteiger partial charge in [0.05, 0.1) is 16.6 Å². The van der Waals surface area contributed by atoms with Crippen LogP contribution in [0.15, 0.2) is 22.7 Å². The van der Waals surface area contributed by atoms with Crippen LogP contribution in [0.5, 0.6) is 0 Å². The lowest BCUT2D eigenvalue weighted by molar-refractivity contribution is 0.156. The number of aliphatic hydroxyl groups excluding tert-OH is 1. The summed E-state index contributed by atoms with van der Waals surface area (Å²) < 4.78 is 13.8. The van der Waals surface area contributed by atoms with E-state index in [1.807, 2.05) is 6.92 Å². The fourth-order valence-electron chi connectivity index (χ4n) is 2.93. The molecule has 1 fully saturated rings. The first-order valence-electron chi connectivity index (χ1n) is 7.39. The predicted octanol–water partition coefficient (Wildman–Crippen LogP) is 4.11. The molecule has 0 aliphatic heterocycles. The summed E-state index contributed by atoms with van der Waals surface area (Å²) in [6.07, 6.45) is 7.39. The third kappa shape index (κ3) is 3.80. The molecule has 1 aliphatic carbocycles. The van der Waals surface area contributed by atoms with E-state index >= 15 is 0 Å². The maximum atomic E-state index is 13.4. The van der Waals surface area contributed by atoms with E-state index in [-0.39, 0.29) is 12.4 Å². The number of hydrogen-bond acceptors (Lipinski definition) is 2. The second-order valence-corrected chi connectivity index (χ2v) is 6.81. The summed E-state index contributed by atoms with van der Waals surface area (Å²) in [4.78, 5) is 0. The van der Waals surface area contributed by atoms with Gasteiger partial charge in [0.1, 0.15) is 5.82 Å². The molecule has 20 heavy (non-hydrogen) atoms. The summed E-state index contributed by atoms with van der Waals surface area (Å²) >= 11 is 3.22. The Labute approximate surface area is 128 Å². The minimum absolute atomic E-state index is 0.00156. The van der Waals surface area contributed by atoms with Crippen molar-refractivity contribution in [2.24, 2.45) is 0 Å². The van der Waals surface area contributed by atoms with Gasteiger partial charge < -0.3 is 10.4 Å². The Morgan fingerprint density at radius 2 is 1.95 bits per heavy atom. The lowest BCUT2D eigenvalue weighted by Gasteiger charge is -2.34. The molecule has 1 aliphatic rings. The van der Waals surface area contributed by atoms with Gasteiger partial charge in [0.15, 0.2) is 0 Å². The maximum Gasteiger partial charge on any atom is 0.137 e. The summed E-state index contributed by atoms with van der Waals surface area (Å²) in [5.41, 5.74) is 0.392. The lowest BCUT2D eigenvalue weighted by atomic mass is 9.90. The van der Waals surface area contributed by atoms with Crippen molar-refractivity contribution in [2.75, 3.05) is 6.61 Å². The van der Waals surface area contributed by atoms with Gasteiger partial charge in [-0.1, -0.05) is 31.7 Å². The van der Waals surface area contributed by atoms with Gasteiger partial charge in [0.25, 0.3) is 0 Å². The fourth-order valence-corrected chi connectivity index (χ4v) is 3.31. The van der Waals surface area contributed by atoms with Crippen LogP contribution in [0.25, 0.3) is 0 Å². The van der Waals surface area contributed by atoms with Crippen LogP contribution in [0, 0.1) is 5.82 Å². The molecule has 0 heterocycles. The Morgan fingerprint density at radius 3 is 2.50 bits per heavy atom. The summed E-state index contributed by atoms with van der Waals surface area (Å²) in [5.74, 6) is -0.275. The van der Waals surface area contributed by atoms with Crippen molar-refractivity contribution in [1.29, 1.82) is 0 Å². The zero-order chi connectivity index (χ0) is 14.6. The third-order valence-corrected chi connectivity index (χ3v) is 4.86. The highest BCUT2D eigenvalue weighted by atomic mass is 79.9. The van der Waals surface area contributed by atoms with Gasteiger partial charge in [-0.15, -0.1) is 0 Å². The Morgan fingerprint density at radius 1 is 1.30 bits per heavy atom. The second kappa shape index (κ2) is 7.01. The van der Waals surface area contributed by atoms with E-state index in [0.717, 1.165) is 18.4 Å². The van der Waals surface area contributed by atoms with Crippen LogP contribution >= 0.6 is 15.9 Å². The fraction of sp³-hybridized carbons (Fsp3) is 0.625. The molecule has 2 rings (SSSR count). The first-order chi connectivity index (χ1) is 9.55. The number of hydrogen-bond donors (Lipinski definition) is 2. The number of aliphatic hydroxyl groups is 1. The minimum Gasteiger partial charge on any atom is -0.394 e. The van der Waals surface area contributed by atoms with Crippen molar-refractivity contribution in [1.82, 2.24) is 5.32 Å². The maximum absolute atomic E-state index is 13.4. The molecular formula is C16H23BrFNO. The molecule has 2 nitrogen and oxygen atoms in total. The zero-order valence-corrected chi connectivity index (χ0v) is 13.5. The number of halogens is 2. The number of nitrogens with one attached hydrogen (secondary N) is 1. The largest absolute Gasteiger partial charge is 0.394 e. The highest BCUT2D eigenvalue weighted by Crippen LogP contribution is 2.28. The molecule has 1 aromatic rings. The van der Waals surface area contributed by atoms with Crippen LogP contribution in [-0.2, 0) is 5.54 Å². The lowest BCUT2D eigenvalue weighted by Crippen LogP contribution is -2.48. The average Bonchev–Trinajstić information content (AvgIpc) is 2.70. The summed E-state index contributed by atoms with van der Waals surface area (Å²) in [6, 6.07) is 5.38. The molecule has 0 aromatic heterocycles. The van der Waals surface area contributed by atoms with Crippen LogP contribution in [-0.4, -0.2) is 17.8 Å². The SMILES string of the molecule is CC(CO)(NC1CCCCCC1)c1ccc(F)c(Br)c1. The summed E-state index contributed by atoms with van der Waals surface area (Å²) in [7, 11) is 0. The topological polar surface area (TPSA) is 32.3 Å². The molecule has 1 atom stereocenters. The molecule has 112 valence electrons. The van der Waals surface area contributed by atoms with Crippen LogP contribution < -0.4 is 5.32 Å². The monoisotopic (exact) mass is 343 g/mol. The van der Waals surface area contributed by atoms with E-state index in [1.54, 1.807) is 12.1 Å². The van der Waals surface area contributed by atoms with Crippen LogP contribution in [0.1, 0.15) is 51.0 Å². The molecule has 0 saturated heterocycles. The van der Waals surface area contributed by atoms with Gasteiger partial charge in [0, 0.05) is 6.04 Å². The molecule has 2 N–H and O–H groups in total. The molecule has 0 radical (unpaired) electrons. The van der Waals surface area contributed by atoms with Crippen molar-refractivity contribution in [3.63, 3.8) is 0 Å². The van der Waals surface area contributed by atoms with Gasteiger partial charge in [-0.2, -0.15) is 0 Å². The van der Waals surface area contributed by atoms with E-state index in [2.05, 4.69) is 21.2 Å². The molecule has 0 amide bonds. The van der Waals surface area contributed by atoms with Crippen LogP contribution in [0.3, 0.4) is 0 Å². The quantitative estimate of drug-likeness (QED) is 0.806. The second-order valence-electron chi connectivity index (χ2n) is 5.95. The van der Waals surface area contributed by atoms with Gasteiger partial charge in [0.2, 0.25) is 0 Å². The normalized spacial score (nSPS) is 20.4. The van der Waals surface area contributed by atoms with Gasteiger partial charge >= 0.3 is 0 Å². The van der Waals surface area contributed by atoms with Gasteiger partial charge in [-0.3, -0.25) is 0 Å². The van der Waals surface area contributed by atoms with Crippen molar-refractivity contribution in [2.45, 2.75) is 57.0 Å². The summed E-state index contributed by atoms with van der Waals surface area (Å²) in [6.45, 7) is 1.99. The number of benzene rings is 1. The van der Waals surface area contributed by atoms with Crippen molar-refractivity contribution in [3.05, 3.63) is 34.1 Å². The molecule has 1 unspecified atom stereocenters. The predicted molar refractivity (Wildman–Crippen MR) is 83.2 cm³/mol. The van der Waals surface area contributed by atoms with E-state index in [9.17, 15) is 9.50 Å². The van der Waals surface area contributed by atoms with Crippen molar-refractivity contribution < 1.29 is 9.50 Å². The Kier molecular flexibility index (Phi) is 5.58. The van der Waals surface area contributed by atoms with Gasteiger partial charge in [-0.05, 0) is 53.4 Å². The molecule has 1 aromatic carbocycles. The Balaban J connectivity index is 2.16. The third-order valence-electron chi connectivity index (χ3n) is 4.25. The minimum atomic E-state index is -0.523. The van der Waals surface area contributed by atoms with E-state index in [0.29, 0.717) is 10.5 Å². The molecular weight excluding hydrogens is 321 g/mol. The van der Waals surface area contributed by atoms with E-state index in [4.69, 9.17) is 0 Å². The van der Waals surface area contributed by atoms with Crippen LogP contribution in [0.4, 0.5) is 4.39 Å². The molecule has 0 spiro atoms.